The molecule has 1 fully saturated rings. The number of pyridine rings is 1. The minimum atomic E-state index is -4.58. The third-order valence-electron chi connectivity index (χ3n) is 4.52. The minimum Gasteiger partial charge on any atom is -0.370 e. The van der Waals surface area contributed by atoms with Crippen LogP contribution in [0, 0.1) is 12.7 Å². The summed E-state index contributed by atoms with van der Waals surface area (Å²) in [6.07, 6.45) is -1.45. The van der Waals surface area contributed by atoms with E-state index in [0.717, 1.165) is 44.5 Å². The monoisotopic (exact) mass is 381 g/mol. The molecule has 0 radical (unpaired) electrons. The topological polar surface area (TPSA) is 45.2 Å². The molecule has 3 rings (SSSR count). The average Bonchev–Trinajstić information content (AvgIpc) is 2.61. The number of carbonyl (C=O) groups is 1. The van der Waals surface area contributed by atoms with Gasteiger partial charge < -0.3 is 10.2 Å². The number of amides is 1. The van der Waals surface area contributed by atoms with Crippen molar-refractivity contribution in [3.05, 3.63) is 53.1 Å². The van der Waals surface area contributed by atoms with E-state index in [1.54, 1.807) is 6.07 Å². The van der Waals surface area contributed by atoms with Crippen LogP contribution in [0.1, 0.15) is 41.0 Å². The standard InChI is InChI=1S/C19H19F4N3O/c1-12-14(6-8-17(24-12)19(21,22)23)18(27)25-15-11-13(20)5-7-16(15)26-9-3-2-4-10-26/h5-8,11H,2-4,9-10H2,1H3,(H,25,27). The van der Waals surface area contributed by atoms with Crippen molar-refractivity contribution in [1.29, 1.82) is 0 Å². The number of aryl methyl sites for hydroxylation is 1. The van der Waals surface area contributed by atoms with Gasteiger partial charge in [-0.15, -0.1) is 0 Å². The Morgan fingerprint density at radius 1 is 1.11 bits per heavy atom. The Bertz CT molecular complexity index is 845. The van der Waals surface area contributed by atoms with Gasteiger partial charge in [0.25, 0.3) is 5.91 Å². The molecule has 0 saturated carbocycles. The Hall–Kier alpha value is -2.64. The molecule has 0 aliphatic carbocycles. The third kappa shape index (κ3) is 4.37. The van der Waals surface area contributed by atoms with E-state index in [1.165, 1.54) is 19.1 Å². The van der Waals surface area contributed by atoms with Crippen LogP contribution >= 0.6 is 0 Å². The molecule has 0 spiro atoms. The van der Waals surface area contributed by atoms with Gasteiger partial charge in [-0.1, -0.05) is 0 Å². The number of rotatable bonds is 3. The average molecular weight is 381 g/mol. The molecule has 144 valence electrons. The Morgan fingerprint density at radius 2 is 1.81 bits per heavy atom. The van der Waals surface area contributed by atoms with Crippen LogP contribution in [0.2, 0.25) is 0 Å². The van der Waals surface area contributed by atoms with Gasteiger partial charge in [-0.05, 0) is 56.5 Å². The molecule has 8 heteroatoms. The second-order valence-electron chi connectivity index (χ2n) is 6.49. The van der Waals surface area contributed by atoms with Crippen LogP contribution in [0.3, 0.4) is 0 Å². The molecule has 1 amide bonds. The molecule has 0 unspecified atom stereocenters. The number of piperidine rings is 1. The quantitative estimate of drug-likeness (QED) is 0.778. The van der Waals surface area contributed by atoms with Crippen LogP contribution < -0.4 is 10.2 Å². The number of halogens is 4. The SMILES string of the molecule is Cc1nc(C(F)(F)F)ccc1C(=O)Nc1cc(F)ccc1N1CCCCC1. The molecule has 2 heterocycles. The third-order valence-corrected chi connectivity index (χ3v) is 4.52. The number of alkyl halides is 3. The first-order valence-corrected chi connectivity index (χ1v) is 8.66. The Kier molecular flexibility index (Phi) is 5.34. The number of carbonyl (C=O) groups excluding carboxylic acids is 1. The highest BCUT2D eigenvalue weighted by Gasteiger charge is 2.33. The van der Waals surface area contributed by atoms with E-state index in [0.29, 0.717) is 11.4 Å². The van der Waals surface area contributed by atoms with Gasteiger partial charge in [0, 0.05) is 13.1 Å². The summed E-state index contributed by atoms with van der Waals surface area (Å²) >= 11 is 0. The summed E-state index contributed by atoms with van der Waals surface area (Å²) < 4.78 is 51.9. The molecule has 0 atom stereocenters. The Morgan fingerprint density at radius 3 is 2.44 bits per heavy atom. The van der Waals surface area contributed by atoms with Crippen molar-refractivity contribution in [3.8, 4) is 0 Å². The zero-order valence-corrected chi connectivity index (χ0v) is 14.7. The fraction of sp³-hybridized carbons (Fsp3) is 0.368. The Labute approximate surface area is 154 Å². The van der Waals surface area contributed by atoms with E-state index in [4.69, 9.17) is 0 Å². The van der Waals surface area contributed by atoms with Gasteiger partial charge in [-0.2, -0.15) is 13.2 Å². The maximum atomic E-state index is 13.7. The predicted molar refractivity (Wildman–Crippen MR) is 94.4 cm³/mol. The number of hydrogen-bond donors (Lipinski definition) is 1. The second-order valence-corrected chi connectivity index (χ2v) is 6.49. The molecule has 0 bridgehead atoms. The van der Waals surface area contributed by atoms with Crippen LogP contribution in [0.4, 0.5) is 28.9 Å². The van der Waals surface area contributed by atoms with Crippen molar-refractivity contribution < 1.29 is 22.4 Å². The highest BCUT2D eigenvalue weighted by molar-refractivity contribution is 6.06. The van der Waals surface area contributed by atoms with E-state index >= 15 is 0 Å². The number of anilines is 2. The Balaban J connectivity index is 1.87. The molecular weight excluding hydrogens is 362 g/mol. The van der Waals surface area contributed by atoms with Crippen LogP contribution in [0.5, 0.6) is 0 Å². The van der Waals surface area contributed by atoms with Gasteiger partial charge in [0.05, 0.1) is 22.6 Å². The van der Waals surface area contributed by atoms with Gasteiger partial charge in [-0.25, -0.2) is 9.37 Å². The van der Waals surface area contributed by atoms with Crippen molar-refractivity contribution in [1.82, 2.24) is 4.98 Å². The van der Waals surface area contributed by atoms with Crippen LogP contribution in [0.15, 0.2) is 30.3 Å². The number of nitrogens with one attached hydrogen (secondary N) is 1. The minimum absolute atomic E-state index is 0.0110. The van der Waals surface area contributed by atoms with Crippen LogP contribution in [0.25, 0.3) is 0 Å². The van der Waals surface area contributed by atoms with Crippen molar-refractivity contribution in [2.45, 2.75) is 32.4 Å². The normalized spacial score (nSPS) is 14.9. The van der Waals surface area contributed by atoms with E-state index in [-0.39, 0.29) is 11.3 Å². The van der Waals surface area contributed by atoms with Crippen molar-refractivity contribution in [2.75, 3.05) is 23.3 Å². The molecule has 1 aliphatic rings. The number of hydrogen-bond acceptors (Lipinski definition) is 3. The molecular formula is C19H19F4N3O. The van der Waals surface area contributed by atoms with E-state index in [1.807, 2.05) is 0 Å². The summed E-state index contributed by atoms with van der Waals surface area (Å²) in [7, 11) is 0. The first kappa shape index (κ1) is 19.1. The molecule has 27 heavy (non-hydrogen) atoms. The fourth-order valence-electron chi connectivity index (χ4n) is 3.17. The van der Waals surface area contributed by atoms with Gasteiger partial charge in [0.1, 0.15) is 11.5 Å². The first-order chi connectivity index (χ1) is 12.8. The predicted octanol–water partition coefficient (Wildman–Crippen LogP) is 4.79. The molecule has 2 aromatic rings. The van der Waals surface area contributed by atoms with Crippen LogP contribution in [-0.2, 0) is 6.18 Å². The van der Waals surface area contributed by atoms with Crippen LogP contribution in [-0.4, -0.2) is 24.0 Å². The molecule has 1 aromatic carbocycles. The highest BCUT2D eigenvalue weighted by Crippen LogP contribution is 2.31. The number of nitrogens with zero attached hydrogens (tertiary/aromatic N) is 2. The molecule has 1 N–H and O–H groups in total. The van der Waals surface area contributed by atoms with Gasteiger partial charge in [-0.3, -0.25) is 4.79 Å². The van der Waals surface area contributed by atoms with E-state index in [2.05, 4.69) is 15.2 Å². The number of benzene rings is 1. The number of aromatic nitrogens is 1. The lowest BCUT2D eigenvalue weighted by Gasteiger charge is -2.30. The van der Waals surface area contributed by atoms with E-state index in [9.17, 15) is 22.4 Å². The maximum Gasteiger partial charge on any atom is 0.433 e. The zero-order valence-electron chi connectivity index (χ0n) is 14.7. The summed E-state index contributed by atoms with van der Waals surface area (Å²) in [6.45, 7) is 2.94. The summed E-state index contributed by atoms with van der Waals surface area (Å²) in [4.78, 5) is 18.1. The van der Waals surface area contributed by atoms with Gasteiger partial charge >= 0.3 is 6.18 Å². The van der Waals surface area contributed by atoms with Gasteiger partial charge in [0.2, 0.25) is 0 Å². The summed E-state index contributed by atoms with van der Waals surface area (Å²) in [5.74, 6) is -1.13. The van der Waals surface area contributed by atoms with Crippen molar-refractivity contribution >= 4 is 17.3 Å². The first-order valence-electron chi connectivity index (χ1n) is 8.66. The smallest absolute Gasteiger partial charge is 0.370 e. The molecule has 1 saturated heterocycles. The lowest BCUT2D eigenvalue weighted by molar-refractivity contribution is -0.141. The fourth-order valence-corrected chi connectivity index (χ4v) is 3.17. The summed E-state index contributed by atoms with van der Waals surface area (Å²) in [5, 5.41) is 2.62. The van der Waals surface area contributed by atoms with Crippen molar-refractivity contribution in [3.63, 3.8) is 0 Å². The largest absolute Gasteiger partial charge is 0.433 e. The molecule has 4 nitrogen and oxygen atoms in total. The lowest BCUT2D eigenvalue weighted by Crippen LogP contribution is -2.30. The second kappa shape index (κ2) is 7.54. The summed E-state index contributed by atoms with van der Waals surface area (Å²) in [6, 6.07) is 5.99. The maximum absolute atomic E-state index is 13.7. The molecule has 1 aliphatic heterocycles. The highest BCUT2D eigenvalue weighted by atomic mass is 19.4. The summed E-state index contributed by atoms with van der Waals surface area (Å²) in [5.41, 5.74) is -0.102. The molecule has 1 aromatic heterocycles. The van der Waals surface area contributed by atoms with Crippen molar-refractivity contribution in [2.24, 2.45) is 0 Å². The van der Waals surface area contributed by atoms with E-state index < -0.39 is 23.6 Å². The lowest BCUT2D eigenvalue weighted by atomic mass is 10.1. The zero-order chi connectivity index (χ0) is 19.6. The van der Waals surface area contributed by atoms with Gasteiger partial charge in [0.15, 0.2) is 0 Å².